The van der Waals surface area contributed by atoms with Gasteiger partial charge >= 0.3 is 0 Å². The molecule has 1 aliphatic rings. The van der Waals surface area contributed by atoms with Gasteiger partial charge in [0.05, 0.1) is 28.1 Å². The Bertz CT molecular complexity index is 1160. The average molecular weight is 511 g/mol. The standard InChI is InChI=1S/C23H21ClF2N4O3.ClH/c24-16-4-1-5-17(25)21(16)30-22(32)15-12-27-23(28-13-6-9-20(31)18(26)11-13)29-19(15)8-7-14-3-2-10-33-14;/h1,4-6,9,11-12,14,31H,2-3,7-8,10H2,(H,30,32)(H,27,28,29);1H. The number of aryl methyl sites for hydroxylation is 1. The number of nitrogens with one attached hydrogen (secondary N) is 2. The van der Waals surface area contributed by atoms with E-state index in [-0.39, 0.29) is 40.7 Å². The number of carbonyl (C=O) groups is 1. The van der Waals surface area contributed by atoms with Gasteiger partial charge in [-0.25, -0.2) is 18.7 Å². The number of phenolic OH excluding ortho intramolecular Hbond substituents is 1. The summed E-state index contributed by atoms with van der Waals surface area (Å²) in [6.07, 6.45) is 4.35. The van der Waals surface area contributed by atoms with E-state index in [0.717, 1.165) is 18.9 Å². The first-order valence-electron chi connectivity index (χ1n) is 10.4. The van der Waals surface area contributed by atoms with Crippen LogP contribution in [0.3, 0.4) is 0 Å². The van der Waals surface area contributed by atoms with Gasteiger partial charge in [0, 0.05) is 24.6 Å². The number of rotatable bonds is 7. The summed E-state index contributed by atoms with van der Waals surface area (Å²) in [4.78, 5) is 21.5. The molecule has 1 fully saturated rings. The molecule has 3 N–H and O–H groups in total. The lowest BCUT2D eigenvalue weighted by Gasteiger charge is -2.14. The highest BCUT2D eigenvalue weighted by Gasteiger charge is 2.21. The zero-order valence-electron chi connectivity index (χ0n) is 17.9. The molecule has 2 heterocycles. The fourth-order valence-electron chi connectivity index (χ4n) is 3.54. The van der Waals surface area contributed by atoms with Crippen LogP contribution in [0.2, 0.25) is 5.02 Å². The predicted octanol–water partition coefficient (Wildman–Crippen LogP) is 5.64. The van der Waals surface area contributed by atoms with Crippen LogP contribution in [0.15, 0.2) is 42.6 Å². The maximum atomic E-state index is 14.1. The Labute approximate surface area is 205 Å². The molecule has 0 radical (unpaired) electrons. The van der Waals surface area contributed by atoms with Gasteiger partial charge < -0.3 is 20.5 Å². The van der Waals surface area contributed by atoms with Crippen molar-refractivity contribution in [2.24, 2.45) is 0 Å². The normalized spacial score (nSPS) is 15.0. The Morgan fingerprint density at radius 2 is 2.06 bits per heavy atom. The monoisotopic (exact) mass is 510 g/mol. The van der Waals surface area contributed by atoms with Crippen LogP contribution >= 0.6 is 24.0 Å². The van der Waals surface area contributed by atoms with Gasteiger partial charge in [0.15, 0.2) is 11.6 Å². The Kier molecular flexibility index (Phi) is 8.60. The number of para-hydroxylation sites is 1. The third kappa shape index (κ3) is 6.11. The first-order chi connectivity index (χ1) is 15.9. The van der Waals surface area contributed by atoms with Gasteiger partial charge in [-0.05, 0) is 49.9 Å². The number of benzene rings is 2. The molecule has 0 spiro atoms. The SMILES string of the molecule is Cl.O=C(Nc1c(F)cccc1Cl)c1cnc(Nc2ccc(O)c(F)c2)nc1CCC1CCCO1. The van der Waals surface area contributed by atoms with E-state index in [1.807, 2.05) is 0 Å². The molecule has 1 aromatic heterocycles. The summed E-state index contributed by atoms with van der Waals surface area (Å²) in [5.41, 5.74) is 0.781. The van der Waals surface area contributed by atoms with Crippen molar-refractivity contribution in [2.75, 3.05) is 17.2 Å². The number of hydrogen-bond acceptors (Lipinski definition) is 6. The Hall–Kier alpha value is -3.01. The molecule has 1 aliphatic heterocycles. The van der Waals surface area contributed by atoms with E-state index < -0.39 is 23.3 Å². The summed E-state index contributed by atoms with van der Waals surface area (Å²) >= 11 is 6.03. The lowest BCUT2D eigenvalue weighted by atomic mass is 10.1. The number of anilines is 3. The summed E-state index contributed by atoms with van der Waals surface area (Å²) in [5, 5.41) is 14.8. The molecular weight excluding hydrogens is 489 g/mol. The number of halogens is 4. The van der Waals surface area contributed by atoms with E-state index in [1.54, 1.807) is 0 Å². The maximum Gasteiger partial charge on any atom is 0.259 e. The molecule has 1 amide bonds. The van der Waals surface area contributed by atoms with Crippen molar-refractivity contribution < 1.29 is 23.4 Å². The summed E-state index contributed by atoms with van der Waals surface area (Å²) in [7, 11) is 0. The molecule has 180 valence electrons. The predicted molar refractivity (Wildman–Crippen MR) is 127 cm³/mol. The Morgan fingerprint density at radius 1 is 1.24 bits per heavy atom. The number of ether oxygens (including phenoxy) is 1. The molecule has 0 aliphatic carbocycles. The Balaban J connectivity index is 0.00000324. The van der Waals surface area contributed by atoms with E-state index in [4.69, 9.17) is 16.3 Å². The molecule has 0 saturated carbocycles. The van der Waals surface area contributed by atoms with Gasteiger partial charge in [-0.3, -0.25) is 4.79 Å². The highest BCUT2D eigenvalue weighted by atomic mass is 35.5. The second-order valence-corrected chi connectivity index (χ2v) is 7.98. The topological polar surface area (TPSA) is 96.4 Å². The van der Waals surface area contributed by atoms with Crippen LogP contribution in [0.4, 0.5) is 26.1 Å². The van der Waals surface area contributed by atoms with Crippen LogP contribution in [-0.4, -0.2) is 33.7 Å². The summed E-state index contributed by atoms with van der Waals surface area (Å²) < 4.78 is 33.5. The first-order valence-corrected chi connectivity index (χ1v) is 10.8. The van der Waals surface area contributed by atoms with Gasteiger partial charge in [-0.1, -0.05) is 17.7 Å². The zero-order chi connectivity index (χ0) is 23.4. The fraction of sp³-hybridized carbons (Fsp3) is 0.261. The molecule has 3 aromatic rings. The van der Waals surface area contributed by atoms with Crippen molar-refractivity contribution in [3.05, 3.63) is 70.5 Å². The minimum atomic E-state index is -0.795. The van der Waals surface area contributed by atoms with Crippen LogP contribution in [0.25, 0.3) is 0 Å². The van der Waals surface area contributed by atoms with Gasteiger partial charge in [0.2, 0.25) is 5.95 Å². The van der Waals surface area contributed by atoms with Gasteiger partial charge in [0.1, 0.15) is 5.82 Å². The van der Waals surface area contributed by atoms with E-state index in [2.05, 4.69) is 20.6 Å². The highest BCUT2D eigenvalue weighted by Crippen LogP contribution is 2.27. The van der Waals surface area contributed by atoms with E-state index in [9.17, 15) is 18.7 Å². The number of carbonyl (C=O) groups excluding carboxylic acids is 1. The molecule has 2 aromatic carbocycles. The quantitative estimate of drug-likeness (QED) is 0.355. The average Bonchev–Trinajstić information content (AvgIpc) is 3.31. The molecule has 34 heavy (non-hydrogen) atoms. The molecule has 11 heteroatoms. The lowest BCUT2D eigenvalue weighted by molar-refractivity contribution is 0.101. The van der Waals surface area contributed by atoms with Gasteiger partial charge in [0.25, 0.3) is 5.91 Å². The minimum absolute atomic E-state index is 0. The minimum Gasteiger partial charge on any atom is -0.505 e. The second kappa shape index (κ2) is 11.4. The lowest BCUT2D eigenvalue weighted by Crippen LogP contribution is -2.18. The molecule has 1 saturated heterocycles. The number of nitrogens with zero attached hydrogens (tertiary/aromatic N) is 2. The fourth-order valence-corrected chi connectivity index (χ4v) is 3.75. The van der Waals surface area contributed by atoms with E-state index in [1.165, 1.54) is 36.5 Å². The van der Waals surface area contributed by atoms with Crippen molar-refractivity contribution in [3.8, 4) is 5.75 Å². The van der Waals surface area contributed by atoms with Crippen LogP contribution in [-0.2, 0) is 11.2 Å². The molecule has 1 atom stereocenters. The van der Waals surface area contributed by atoms with Crippen LogP contribution in [0.5, 0.6) is 5.75 Å². The van der Waals surface area contributed by atoms with Crippen LogP contribution in [0.1, 0.15) is 35.3 Å². The molecule has 7 nitrogen and oxygen atoms in total. The van der Waals surface area contributed by atoms with Crippen molar-refractivity contribution in [1.29, 1.82) is 0 Å². The highest BCUT2D eigenvalue weighted by molar-refractivity contribution is 6.34. The van der Waals surface area contributed by atoms with Crippen molar-refractivity contribution in [3.63, 3.8) is 0 Å². The number of aromatic nitrogens is 2. The summed E-state index contributed by atoms with van der Waals surface area (Å²) in [6, 6.07) is 7.88. The number of hydrogen-bond donors (Lipinski definition) is 3. The summed E-state index contributed by atoms with van der Waals surface area (Å²) in [5.74, 6) is -2.39. The van der Waals surface area contributed by atoms with E-state index >= 15 is 0 Å². The van der Waals surface area contributed by atoms with Crippen molar-refractivity contribution in [1.82, 2.24) is 9.97 Å². The number of phenols is 1. The largest absolute Gasteiger partial charge is 0.505 e. The van der Waals surface area contributed by atoms with Crippen molar-refractivity contribution >= 4 is 47.2 Å². The number of aromatic hydroxyl groups is 1. The molecular formula is C23H22Cl2F2N4O3. The molecule has 4 rings (SSSR count). The smallest absolute Gasteiger partial charge is 0.259 e. The zero-order valence-corrected chi connectivity index (χ0v) is 19.4. The van der Waals surface area contributed by atoms with Crippen LogP contribution < -0.4 is 10.6 Å². The van der Waals surface area contributed by atoms with Crippen LogP contribution in [0, 0.1) is 11.6 Å². The second-order valence-electron chi connectivity index (χ2n) is 7.57. The summed E-state index contributed by atoms with van der Waals surface area (Å²) in [6.45, 7) is 0.701. The third-order valence-electron chi connectivity index (χ3n) is 5.24. The third-order valence-corrected chi connectivity index (χ3v) is 5.56. The molecule has 1 unspecified atom stereocenters. The molecule has 0 bridgehead atoms. The van der Waals surface area contributed by atoms with Gasteiger partial charge in [-0.2, -0.15) is 0 Å². The van der Waals surface area contributed by atoms with E-state index in [0.29, 0.717) is 30.8 Å². The number of amides is 1. The Morgan fingerprint density at radius 3 is 2.76 bits per heavy atom. The first kappa shape index (κ1) is 25.6. The van der Waals surface area contributed by atoms with Crippen molar-refractivity contribution in [2.45, 2.75) is 31.8 Å². The van der Waals surface area contributed by atoms with Gasteiger partial charge in [-0.15, -0.1) is 12.4 Å². The maximum absolute atomic E-state index is 14.1.